The summed E-state index contributed by atoms with van der Waals surface area (Å²) in [4.78, 5) is 11.9. The molecule has 21 heavy (non-hydrogen) atoms. The number of hydrogen-bond donors (Lipinski definition) is 1. The van der Waals surface area contributed by atoms with Crippen LogP contribution in [0.2, 0.25) is 0 Å². The topological polar surface area (TPSA) is 74.2 Å². The highest BCUT2D eigenvalue weighted by Gasteiger charge is 2.56. The molecule has 6 nitrogen and oxygen atoms in total. The van der Waals surface area contributed by atoms with Crippen molar-refractivity contribution in [1.29, 1.82) is 0 Å². The minimum Gasteiger partial charge on any atom is -0.466 e. The summed E-state index contributed by atoms with van der Waals surface area (Å²) in [6, 6.07) is 0. The number of methoxy groups -OCH3 is 2. The largest absolute Gasteiger partial charge is 0.466 e. The van der Waals surface area contributed by atoms with Gasteiger partial charge in [0, 0.05) is 20.0 Å². The molecule has 0 amide bonds. The van der Waals surface area contributed by atoms with Crippen LogP contribution in [-0.4, -0.2) is 55.5 Å². The number of rotatable bonds is 2. The lowest BCUT2D eigenvalue weighted by atomic mass is 9.89. The van der Waals surface area contributed by atoms with Crippen molar-refractivity contribution in [1.82, 2.24) is 0 Å². The molecule has 118 valence electrons. The van der Waals surface area contributed by atoms with Crippen molar-refractivity contribution >= 4 is 5.97 Å². The van der Waals surface area contributed by atoms with Crippen LogP contribution in [0.1, 0.15) is 32.1 Å². The summed E-state index contributed by atoms with van der Waals surface area (Å²) in [6.45, 7) is 0. The van der Waals surface area contributed by atoms with E-state index in [1.807, 2.05) is 0 Å². The van der Waals surface area contributed by atoms with Crippen molar-refractivity contribution in [3.8, 4) is 0 Å². The lowest BCUT2D eigenvalue weighted by molar-refractivity contribution is -0.202. The first-order chi connectivity index (χ1) is 10.1. The summed E-state index contributed by atoms with van der Waals surface area (Å²) < 4.78 is 22.4. The van der Waals surface area contributed by atoms with Gasteiger partial charge in [-0.1, -0.05) is 6.42 Å². The molecule has 1 aliphatic heterocycles. The smallest absolute Gasteiger partial charge is 0.336 e. The molecule has 1 N–H and O–H groups in total. The van der Waals surface area contributed by atoms with E-state index in [4.69, 9.17) is 18.9 Å². The second kappa shape index (κ2) is 5.68. The second-order valence-electron chi connectivity index (χ2n) is 5.90. The SMILES string of the molecule is COC(=O)C1=C[C@H](O)[C@@H]2OC3(CCCCC3)O[C@@H]2[C@H]1OC. The third kappa shape index (κ3) is 2.50. The Morgan fingerprint density at radius 1 is 1.24 bits per heavy atom. The van der Waals surface area contributed by atoms with Gasteiger partial charge in [0.2, 0.25) is 0 Å². The number of hydrogen-bond acceptors (Lipinski definition) is 6. The summed E-state index contributed by atoms with van der Waals surface area (Å²) in [5.74, 6) is -1.14. The fourth-order valence-corrected chi connectivity index (χ4v) is 3.60. The van der Waals surface area contributed by atoms with Crippen LogP contribution in [0.5, 0.6) is 0 Å². The number of fused-ring (bicyclic) bond motifs is 1. The predicted octanol–water partition coefficient (Wildman–Crippen LogP) is 0.920. The van der Waals surface area contributed by atoms with Crippen LogP contribution in [0.15, 0.2) is 11.6 Å². The summed E-state index contributed by atoms with van der Waals surface area (Å²) >= 11 is 0. The van der Waals surface area contributed by atoms with Gasteiger partial charge in [0.25, 0.3) is 0 Å². The zero-order valence-corrected chi connectivity index (χ0v) is 12.4. The van der Waals surface area contributed by atoms with E-state index in [9.17, 15) is 9.90 Å². The normalized spacial score (nSPS) is 38.0. The van der Waals surface area contributed by atoms with E-state index in [0.717, 1.165) is 25.7 Å². The number of aliphatic hydroxyl groups excluding tert-OH is 1. The zero-order chi connectivity index (χ0) is 15.0. The van der Waals surface area contributed by atoms with E-state index in [0.29, 0.717) is 5.57 Å². The average Bonchev–Trinajstić information content (AvgIpc) is 2.86. The Bertz CT molecular complexity index is 439. The van der Waals surface area contributed by atoms with Crippen molar-refractivity contribution in [2.45, 2.75) is 62.3 Å². The Hall–Kier alpha value is -0.950. The van der Waals surface area contributed by atoms with Gasteiger partial charge in [-0.2, -0.15) is 0 Å². The van der Waals surface area contributed by atoms with Gasteiger partial charge in [0.1, 0.15) is 24.4 Å². The van der Waals surface area contributed by atoms with Gasteiger partial charge >= 0.3 is 5.97 Å². The average molecular weight is 298 g/mol. The number of aliphatic hydroxyl groups is 1. The van der Waals surface area contributed by atoms with Crippen LogP contribution in [0, 0.1) is 0 Å². The van der Waals surface area contributed by atoms with Crippen molar-refractivity contribution in [3.05, 3.63) is 11.6 Å². The predicted molar refractivity (Wildman–Crippen MR) is 72.5 cm³/mol. The van der Waals surface area contributed by atoms with Crippen LogP contribution in [0.4, 0.5) is 0 Å². The maximum atomic E-state index is 11.9. The number of carbonyl (C=O) groups is 1. The Labute approximate surface area is 124 Å². The molecule has 2 aliphatic carbocycles. The fourth-order valence-electron chi connectivity index (χ4n) is 3.60. The molecule has 0 aromatic heterocycles. The molecule has 2 fully saturated rings. The number of ether oxygens (including phenoxy) is 4. The van der Waals surface area contributed by atoms with Crippen LogP contribution < -0.4 is 0 Å². The summed E-state index contributed by atoms with van der Waals surface area (Å²) in [7, 11) is 2.83. The Morgan fingerprint density at radius 2 is 1.90 bits per heavy atom. The monoisotopic (exact) mass is 298 g/mol. The first-order valence-corrected chi connectivity index (χ1v) is 7.47. The van der Waals surface area contributed by atoms with Crippen molar-refractivity contribution in [3.63, 3.8) is 0 Å². The van der Waals surface area contributed by atoms with Gasteiger partial charge in [-0.15, -0.1) is 0 Å². The Kier molecular flexibility index (Phi) is 4.05. The van der Waals surface area contributed by atoms with Crippen molar-refractivity contribution in [2.75, 3.05) is 14.2 Å². The van der Waals surface area contributed by atoms with Gasteiger partial charge in [-0.05, 0) is 18.9 Å². The second-order valence-corrected chi connectivity index (χ2v) is 5.90. The molecular formula is C15H22O6. The summed E-state index contributed by atoms with van der Waals surface area (Å²) in [6.07, 6.45) is 3.91. The first kappa shape index (κ1) is 15.0. The van der Waals surface area contributed by atoms with E-state index in [2.05, 4.69) is 0 Å². The summed E-state index contributed by atoms with van der Waals surface area (Å²) in [5, 5.41) is 10.3. The third-order valence-electron chi connectivity index (χ3n) is 4.61. The molecule has 0 radical (unpaired) electrons. The molecule has 0 aromatic carbocycles. The quantitative estimate of drug-likeness (QED) is 0.764. The van der Waals surface area contributed by atoms with Crippen LogP contribution >= 0.6 is 0 Å². The highest BCUT2D eigenvalue weighted by atomic mass is 16.8. The minimum atomic E-state index is -0.892. The Balaban J connectivity index is 1.86. The van der Waals surface area contributed by atoms with E-state index in [1.165, 1.54) is 26.7 Å². The molecule has 1 saturated carbocycles. The van der Waals surface area contributed by atoms with E-state index >= 15 is 0 Å². The molecule has 1 spiro atoms. The van der Waals surface area contributed by atoms with E-state index in [1.54, 1.807) is 0 Å². The molecule has 1 saturated heterocycles. The molecular weight excluding hydrogens is 276 g/mol. The minimum absolute atomic E-state index is 0.296. The molecule has 3 aliphatic rings. The van der Waals surface area contributed by atoms with Gasteiger partial charge < -0.3 is 24.1 Å². The molecule has 3 rings (SSSR count). The molecule has 0 unspecified atom stereocenters. The fraction of sp³-hybridized carbons (Fsp3) is 0.800. The van der Waals surface area contributed by atoms with Crippen molar-refractivity contribution < 1.29 is 28.8 Å². The lowest BCUT2D eigenvalue weighted by Gasteiger charge is -2.33. The number of carbonyl (C=O) groups excluding carboxylic acids is 1. The highest BCUT2D eigenvalue weighted by Crippen LogP contribution is 2.45. The third-order valence-corrected chi connectivity index (χ3v) is 4.61. The molecule has 6 heteroatoms. The summed E-state index contributed by atoms with van der Waals surface area (Å²) in [5.41, 5.74) is 0.296. The van der Waals surface area contributed by atoms with Crippen LogP contribution in [0.3, 0.4) is 0 Å². The lowest BCUT2D eigenvalue weighted by Crippen LogP contribution is -2.49. The van der Waals surface area contributed by atoms with Crippen LogP contribution in [-0.2, 0) is 23.7 Å². The first-order valence-electron chi connectivity index (χ1n) is 7.47. The van der Waals surface area contributed by atoms with Gasteiger partial charge in [0.15, 0.2) is 5.79 Å². The van der Waals surface area contributed by atoms with Gasteiger partial charge in [0.05, 0.1) is 12.7 Å². The van der Waals surface area contributed by atoms with E-state index in [-0.39, 0.29) is 0 Å². The molecule has 0 aromatic rings. The number of esters is 1. The molecule has 0 bridgehead atoms. The maximum Gasteiger partial charge on any atom is 0.336 e. The van der Waals surface area contributed by atoms with Crippen molar-refractivity contribution in [2.24, 2.45) is 0 Å². The van der Waals surface area contributed by atoms with Gasteiger partial charge in [-0.3, -0.25) is 0 Å². The highest BCUT2D eigenvalue weighted by molar-refractivity contribution is 5.90. The standard InChI is InChI=1S/C15H22O6/c1-18-11-9(14(17)19-2)8-10(16)12-13(11)21-15(20-12)6-4-3-5-7-15/h8,10-13,16H,3-7H2,1-2H3/t10-,11-,12-,13+/m0/s1. The van der Waals surface area contributed by atoms with Gasteiger partial charge in [-0.25, -0.2) is 4.79 Å². The van der Waals surface area contributed by atoms with E-state index < -0.39 is 36.2 Å². The molecule has 4 atom stereocenters. The Morgan fingerprint density at radius 3 is 2.52 bits per heavy atom. The zero-order valence-electron chi connectivity index (χ0n) is 12.4. The molecule has 1 heterocycles. The maximum absolute atomic E-state index is 11.9. The van der Waals surface area contributed by atoms with Crippen LogP contribution in [0.25, 0.3) is 0 Å².